The third kappa shape index (κ3) is 7.10. The molecule has 0 aliphatic heterocycles. The molecule has 0 spiro atoms. The number of carbonyl (C=O) groups excluding carboxylic acids is 2. The lowest BCUT2D eigenvalue weighted by atomic mass is 10.2. The largest absolute Gasteiger partial charge is 0.317 e. The van der Waals surface area contributed by atoms with Crippen molar-refractivity contribution in [1.82, 2.24) is 10.7 Å². The molecule has 3 aromatic carbocycles. The van der Waals surface area contributed by atoms with Crippen molar-refractivity contribution in [3.05, 3.63) is 124 Å². The Kier molecular flexibility index (Phi) is 7.91. The molecule has 0 heterocycles. The van der Waals surface area contributed by atoms with E-state index in [1.807, 2.05) is 42.5 Å². The number of nitrogens with one attached hydrogen (secondary N) is 2. The summed E-state index contributed by atoms with van der Waals surface area (Å²) < 4.78 is 0. The van der Waals surface area contributed by atoms with Gasteiger partial charge in [-0.25, -0.2) is 5.43 Å². The van der Waals surface area contributed by atoms with Gasteiger partial charge in [0.15, 0.2) is 0 Å². The van der Waals surface area contributed by atoms with Gasteiger partial charge in [0.25, 0.3) is 11.8 Å². The van der Waals surface area contributed by atoms with Crippen LogP contribution in [0, 0.1) is 0 Å². The zero-order valence-electron chi connectivity index (χ0n) is 16.5. The molecular weight excluding hydrogens is 410 g/mol. The fourth-order valence-corrected chi connectivity index (χ4v) is 2.68. The summed E-state index contributed by atoms with van der Waals surface area (Å²) in [4.78, 5) is 25.1. The number of rotatable bonds is 7. The summed E-state index contributed by atoms with van der Waals surface area (Å²) in [6.45, 7) is 0. The van der Waals surface area contributed by atoms with Gasteiger partial charge in [-0.3, -0.25) is 9.59 Å². The first-order valence-electron chi connectivity index (χ1n) is 9.50. The van der Waals surface area contributed by atoms with Crippen molar-refractivity contribution in [2.24, 2.45) is 5.10 Å². The Morgan fingerprint density at radius 1 is 0.806 bits per heavy atom. The molecule has 0 saturated heterocycles. The van der Waals surface area contributed by atoms with Crippen LogP contribution in [0.25, 0.3) is 6.08 Å². The molecule has 0 radical (unpaired) electrons. The second-order valence-electron chi connectivity index (χ2n) is 6.42. The number of amides is 2. The first-order chi connectivity index (χ1) is 15.1. The van der Waals surface area contributed by atoms with E-state index < -0.39 is 11.8 Å². The predicted octanol–water partition coefficient (Wildman–Crippen LogP) is 4.82. The highest BCUT2D eigenvalue weighted by Gasteiger charge is 2.13. The molecule has 0 atom stereocenters. The molecule has 0 bridgehead atoms. The van der Waals surface area contributed by atoms with Crippen LogP contribution in [0.1, 0.15) is 21.5 Å². The molecule has 3 rings (SSSR count). The van der Waals surface area contributed by atoms with Gasteiger partial charge in [-0.05, 0) is 41.5 Å². The molecule has 0 aliphatic carbocycles. The molecule has 0 aromatic heterocycles. The molecule has 6 heteroatoms. The monoisotopic (exact) mass is 429 g/mol. The number of halogens is 1. The second-order valence-corrected chi connectivity index (χ2v) is 6.86. The zero-order valence-corrected chi connectivity index (χ0v) is 17.3. The fourth-order valence-electron chi connectivity index (χ4n) is 2.55. The normalized spacial score (nSPS) is 11.6. The minimum absolute atomic E-state index is 0.0642. The minimum atomic E-state index is -0.549. The molecule has 154 valence electrons. The maximum Gasteiger partial charge on any atom is 0.287 e. The average Bonchev–Trinajstić information content (AvgIpc) is 2.81. The molecule has 0 fully saturated rings. The molecule has 0 saturated carbocycles. The molecule has 0 aliphatic rings. The molecule has 5 nitrogen and oxygen atoms in total. The highest BCUT2D eigenvalue weighted by molar-refractivity contribution is 6.30. The summed E-state index contributed by atoms with van der Waals surface area (Å²) in [7, 11) is 0. The van der Waals surface area contributed by atoms with Gasteiger partial charge in [-0.2, -0.15) is 5.10 Å². The topological polar surface area (TPSA) is 70.6 Å². The quantitative estimate of drug-likeness (QED) is 0.245. The van der Waals surface area contributed by atoms with Gasteiger partial charge in [-0.1, -0.05) is 84.4 Å². The third-order valence-electron chi connectivity index (χ3n) is 4.13. The number of hydrogen-bond donors (Lipinski definition) is 2. The van der Waals surface area contributed by atoms with E-state index in [0.717, 1.165) is 11.1 Å². The van der Waals surface area contributed by atoms with Crippen LogP contribution in [0.3, 0.4) is 0 Å². The molecule has 2 amide bonds. The number of carbonyl (C=O) groups is 2. The third-order valence-corrected chi connectivity index (χ3v) is 4.38. The number of allylic oxidation sites excluding steroid dienone is 2. The van der Waals surface area contributed by atoms with E-state index in [4.69, 9.17) is 11.6 Å². The Hall–Kier alpha value is -3.96. The van der Waals surface area contributed by atoms with Crippen LogP contribution in [-0.4, -0.2) is 18.0 Å². The highest BCUT2D eigenvalue weighted by atomic mass is 35.5. The highest BCUT2D eigenvalue weighted by Crippen LogP contribution is 2.08. The summed E-state index contributed by atoms with van der Waals surface area (Å²) in [5, 5.41) is 7.21. The van der Waals surface area contributed by atoms with E-state index in [1.54, 1.807) is 54.6 Å². The lowest BCUT2D eigenvalue weighted by Gasteiger charge is -2.08. The van der Waals surface area contributed by atoms with Crippen molar-refractivity contribution in [2.75, 3.05) is 0 Å². The van der Waals surface area contributed by atoms with Crippen LogP contribution >= 0.6 is 11.6 Å². The van der Waals surface area contributed by atoms with Gasteiger partial charge in [0.1, 0.15) is 5.70 Å². The first-order valence-corrected chi connectivity index (χ1v) is 9.88. The Labute approximate surface area is 185 Å². The van der Waals surface area contributed by atoms with E-state index in [9.17, 15) is 9.59 Å². The van der Waals surface area contributed by atoms with Crippen molar-refractivity contribution in [3.8, 4) is 0 Å². The molecule has 3 aromatic rings. The fraction of sp³-hybridized carbons (Fsp3) is 0. The minimum Gasteiger partial charge on any atom is -0.317 e. The second kappa shape index (κ2) is 11.3. The van der Waals surface area contributed by atoms with Gasteiger partial charge in [0, 0.05) is 10.6 Å². The summed E-state index contributed by atoms with van der Waals surface area (Å²) >= 11 is 5.86. The van der Waals surface area contributed by atoms with Crippen LogP contribution in [0.2, 0.25) is 5.02 Å². The van der Waals surface area contributed by atoms with Crippen LogP contribution in [-0.2, 0) is 4.79 Å². The summed E-state index contributed by atoms with van der Waals surface area (Å²) in [6, 6.07) is 25.3. The number of nitrogens with zero attached hydrogens (tertiary/aromatic N) is 1. The number of benzene rings is 3. The zero-order chi connectivity index (χ0) is 21.9. The van der Waals surface area contributed by atoms with Crippen LogP contribution in [0.4, 0.5) is 0 Å². The summed E-state index contributed by atoms with van der Waals surface area (Å²) in [5.41, 5.74) is 4.68. The van der Waals surface area contributed by atoms with Crippen molar-refractivity contribution in [2.45, 2.75) is 0 Å². The Bertz CT molecular complexity index is 1110. The van der Waals surface area contributed by atoms with Crippen molar-refractivity contribution >= 4 is 35.7 Å². The maximum atomic E-state index is 12.6. The van der Waals surface area contributed by atoms with Crippen LogP contribution < -0.4 is 10.7 Å². The Balaban J connectivity index is 1.74. The van der Waals surface area contributed by atoms with Gasteiger partial charge >= 0.3 is 0 Å². The smallest absolute Gasteiger partial charge is 0.287 e. The average molecular weight is 430 g/mol. The van der Waals surface area contributed by atoms with Crippen LogP contribution in [0.5, 0.6) is 0 Å². The Morgan fingerprint density at radius 2 is 1.45 bits per heavy atom. The number of hydrogen-bond acceptors (Lipinski definition) is 3. The van der Waals surface area contributed by atoms with Crippen molar-refractivity contribution < 1.29 is 9.59 Å². The predicted molar refractivity (Wildman–Crippen MR) is 125 cm³/mol. The van der Waals surface area contributed by atoms with Gasteiger partial charge in [0.2, 0.25) is 0 Å². The molecule has 0 unspecified atom stereocenters. The van der Waals surface area contributed by atoms with Gasteiger partial charge in [0.05, 0.1) is 6.21 Å². The standard InChI is InChI=1S/C25H20ClN3O2/c26-22-16-14-20(15-17-22)18-27-29-25(31)23(13-7-10-19-8-3-1-4-9-19)28-24(30)21-11-5-2-6-12-21/h1-18H,(H,28,30)(H,29,31)/b10-7+,23-13-,27-18-. The van der Waals surface area contributed by atoms with E-state index >= 15 is 0 Å². The van der Waals surface area contributed by atoms with E-state index in [-0.39, 0.29) is 5.70 Å². The SMILES string of the molecule is O=C(N/N=C\c1ccc(Cl)cc1)/C(=C/C=C/c1ccccc1)NC(=O)c1ccccc1. The van der Waals surface area contributed by atoms with Crippen molar-refractivity contribution in [1.29, 1.82) is 0 Å². The maximum absolute atomic E-state index is 12.6. The van der Waals surface area contributed by atoms with Crippen molar-refractivity contribution in [3.63, 3.8) is 0 Å². The van der Waals surface area contributed by atoms with E-state index in [1.165, 1.54) is 12.3 Å². The van der Waals surface area contributed by atoms with Gasteiger partial charge < -0.3 is 5.32 Å². The van der Waals surface area contributed by atoms with E-state index in [2.05, 4.69) is 15.8 Å². The molecular formula is C25H20ClN3O2. The summed E-state index contributed by atoms with van der Waals surface area (Å²) in [6.07, 6.45) is 6.54. The lowest BCUT2D eigenvalue weighted by molar-refractivity contribution is -0.117. The van der Waals surface area contributed by atoms with E-state index in [0.29, 0.717) is 10.6 Å². The lowest BCUT2D eigenvalue weighted by Crippen LogP contribution is -2.32. The van der Waals surface area contributed by atoms with Gasteiger partial charge in [-0.15, -0.1) is 0 Å². The Morgan fingerprint density at radius 3 is 2.13 bits per heavy atom. The molecule has 2 N–H and O–H groups in total. The summed E-state index contributed by atoms with van der Waals surface area (Å²) in [5.74, 6) is -0.941. The first kappa shape index (κ1) is 21.7. The number of hydrazone groups is 1. The van der Waals surface area contributed by atoms with Crippen LogP contribution in [0.15, 0.2) is 108 Å². The molecule has 31 heavy (non-hydrogen) atoms.